The van der Waals surface area contributed by atoms with Crippen molar-refractivity contribution in [2.75, 3.05) is 10.6 Å². The van der Waals surface area contributed by atoms with Crippen LogP contribution < -0.4 is 10.6 Å². The van der Waals surface area contributed by atoms with Gasteiger partial charge in [0.1, 0.15) is 5.82 Å². The van der Waals surface area contributed by atoms with Gasteiger partial charge in [-0.3, -0.25) is 14.3 Å². The van der Waals surface area contributed by atoms with E-state index in [1.807, 2.05) is 0 Å². The van der Waals surface area contributed by atoms with Crippen LogP contribution in [0, 0.1) is 5.82 Å². The summed E-state index contributed by atoms with van der Waals surface area (Å²) < 4.78 is 56.5. The van der Waals surface area contributed by atoms with Crippen LogP contribution in [0.25, 0.3) is 0 Å². The Labute approximate surface area is 203 Å². The Morgan fingerprint density at radius 2 is 1.50 bits per heavy atom. The second kappa shape index (κ2) is 10.4. The molecule has 0 aliphatic heterocycles. The highest BCUT2D eigenvalue weighted by molar-refractivity contribution is 6.05. The number of aromatic nitrogens is 2. The molecule has 0 aliphatic carbocycles. The monoisotopic (exact) mass is 496 g/mol. The maximum atomic E-state index is 14.3. The van der Waals surface area contributed by atoms with Crippen LogP contribution in [0.1, 0.15) is 27.2 Å². The topological polar surface area (TPSA) is 76.0 Å². The van der Waals surface area contributed by atoms with Crippen molar-refractivity contribution in [3.8, 4) is 0 Å². The first-order valence-corrected chi connectivity index (χ1v) is 10.8. The lowest BCUT2D eigenvalue weighted by Crippen LogP contribution is -2.22. The Hall–Kier alpha value is -4.47. The highest BCUT2D eigenvalue weighted by Gasteiger charge is 2.40. The number of carbonyl (C=O) groups excluding carboxylic acids is 2. The van der Waals surface area contributed by atoms with E-state index < -0.39 is 35.1 Å². The van der Waals surface area contributed by atoms with Crippen LogP contribution in [0.5, 0.6) is 0 Å². The second-order valence-electron chi connectivity index (χ2n) is 7.91. The number of halogens is 4. The van der Waals surface area contributed by atoms with E-state index in [2.05, 4.69) is 15.7 Å². The minimum atomic E-state index is -4.85. The Morgan fingerprint density at radius 3 is 2.14 bits per heavy atom. The van der Waals surface area contributed by atoms with E-state index in [0.717, 1.165) is 18.3 Å². The van der Waals surface area contributed by atoms with Gasteiger partial charge < -0.3 is 10.6 Å². The Kier molecular flexibility index (Phi) is 7.14. The third kappa shape index (κ3) is 5.96. The zero-order valence-electron chi connectivity index (χ0n) is 18.7. The quantitative estimate of drug-likeness (QED) is 0.331. The molecule has 10 heteroatoms. The molecule has 0 aliphatic rings. The molecule has 0 spiro atoms. The van der Waals surface area contributed by atoms with Gasteiger partial charge in [0.05, 0.1) is 30.4 Å². The summed E-state index contributed by atoms with van der Waals surface area (Å²) in [4.78, 5) is 25.1. The van der Waals surface area contributed by atoms with Gasteiger partial charge in [0.2, 0.25) is 5.91 Å². The van der Waals surface area contributed by atoms with Crippen LogP contribution >= 0.6 is 0 Å². The predicted molar refractivity (Wildman–Crippen MR) is 126 cm³/mol. The summed E-state index contributed by atoms with van der Waals surface area (Å²) in [6, 6.07) is 20.5. The molecule has 0 saturated carbocycles. The number of carbonyl (C=O) groups is 2. The third-order valence-electron chi connectivity index (χ3n) is 5.23. The molecule has 0 radical (unpaired) electrons. The number of alkyl halides is 3. The molecule has 0 saturated heterocycles. The van der Waals surface area contributed by atoms with Crippen LogP contribution in [0.15, 0.2) is 85.1 Å². The fraction of sp³-hybridized carbons (Fsp3) is 0.115. The average molecular weight is 496 g/mol. The highest BCUT2D eigenvalue weighted by atomic mass is 19.4. The number of amides is 2. The Bertz CT molecular complexity index is 1370. The predicted octanol–water partition coefficient (Wildman–Crippen LogP) is 5.52. The molecule has 184 valence electrons. The van der Waals surface area contributed by atoms with Crippen LogP contribution in [0.2, 0.25) is 0 Å². The van der Waals surface area contributed by atoms with E-state index in [9.17, 15) is 27.2 Å². The molecule has 36 heavy (non-hydrogen) atoms. The average Bonchev–Trinajstić information content (AvgIpc) is 3.27. The van der Waals surface area contributed by atoms with Crippen molar-refractivity contribution in [2.24, 2.45) is 0 Å². The number of anilines is 2. The van der Waals surface area contributed by atoms with Crippen molar-refractivity contribution < 1.29 is 27.2 Å². The zero-order valence-corrected chi connectivity index (χ0v) is 18.7. The fourth-order valence-electron chi connectivity index (χ4n) is 3.60. The molecule has 2 amide bonds. The molecule has 1 heterocycles. The number of rotatable bonds is 7. The Balaban J connectivity index is 1.52. The fourth-order valence-corrected chi connectivity index (χ4v) is 3.60. The summed E-state index contributed by atoms with van der Waals surface area (Å²) >= 11 is 0. The van der Waals surface area contributed by atoms with Crippen molar-refractivity contribution in [3.63, 3.8) is 0 Å². The van der Waals surface area contributed by atoms with E-state index >= 15 is 0 Å². The van der Waals surface area contributed by atoms with Gasteiger partial charge in [-0.2, -0.15) is 18.3 Å². The summed E-state index contributed by atoms with van der Waals surface area (Å²) in [5.74, 6) is -2.33. The number of nitrogens with one attached hydrogen (secondary N) is 2. The molecule has 0 atom stereocenters. The zero-order chi connectivity index (χ0) is 25.7. The van der Waals surface area contributed by atoms with Crippen LogP contribution in [0.4, 0.5) is 28.9 Å². The molecule has 4 rings (SSSR count). The second-order valence-corrected chi connectivity index (χ2v) is 7.91. The standard InChI is InChI=1S/C26H20F4N4O2/c27-21-12-11-19(14-22(21)33-23(35)13-17-7-3-1-4-8-17)32-25(36)20-15-31-34(24(20)26(28,29)30)16-18-9-5-2-6-10-18/h1-12,14-15H,13,16H2,(H,32,36)(H,33,35). The molecule has 6 nitrogen and oxygen atoms in total. The summed E-state index contributed by atoms with van der Waals surface area (Å²) in [7, 11) is 0. The summed E-state index contributed by atoms with van der Waals surface area (Å²) in [6.45, 7) is -0.183. The molecule has 1 aromatic heterocycles. The molecular weight excluding hydrogens is 476 g/mol. The summed E-state index contributed by atoms with van der Waals surface area (Å²) in [5.41, 5.74) is -0.816. The molecule has 3 aromatic carbocycles. The van der Waals surface area contributed by atoms with Gasteiger partial charge in [-0.15, -0.1) is 0 Å². The maximum Gasteiger partial charge on any atom is 0.433 e. The molecular formula is C26H20F4N4O2. The van der Waals surface area contributed by atoms with Gasteiger partial charge in [0.25, 0.3) is 5.91 Å². The number of hydrogen-bond donors (Lipinski definition) is 2. The van der Waals surface area contributed by atoms with E-state index in [4.69, 9.17) is 0 Å². The molecule has 4 aromatic rings. The van der Waals surface area contributed by atoms with Gasteiger partial charge in [-0.05, 0) is 29.3 Å². The van der Waals surface area contributed by atoms with Crippen LogP contribution in [0.3, 0.4) is 0 Å². The molecule has 2 N–H and O–H groups in total. The largest absolute Gasteiger partial charge is 0.433 e. The SMILES string of the molecule is O=C(Cc1ccccc1)Nc1cc(NC(=O)c2cnn(Cc3ccccc3)c2C(F)(F)F)ccc1F. The lowest BCUT2D eigenvalue weighted by Gasteiger charge is -2.13. The number of nitrogens with zero attached hydrogens (tertiary/aromatic N) is 2. The highest BCUT2D eigenvalue weighted by Crippen LogP contribution is 2.33. The van der Waals surface area contributed by atoms with Crippen LogP contribution in [-0.4, -0.2) is 21.6 Å². The normalized spacial score (nSPS) is 11.2. The van der Waals surface area contributed by atoms with Gasteiger partial charge in [0, 0.05) is 5.69 Å². The number of hydrogen-bond acceptors (Lipinski definition) is 3. The van der Waals surface area contributed by atoms with E-state index in [1.165, 1.54) is 6.07 Å². The third-order valence-corrected chi connectivity index (χ3v) is 5.23. The van der Waals surface area contributed by atoms with Crippen molar-refractivity contribution in [1.29, 1.82) is 0 Å². The van der Waals surface area contributed by atoms with Gasteiger partial charge in [-0.1, -0.05) is 60.7 Å². The van der Waals surface area contributed by atoms with Gasteiger partial charge in [0.15, 0.2) is 5.69 Å². The van der Waals surface area contributed by atoms with E-state index in [1.54, 1.807) is 60.7 Å². The van der Waals surface area contributed by atoms with Gasteiger partial charge >= 0.3 is 6.18 Å². The first-order chi connectivity index (χ1) is 17.2. The summed E-state index contributed by atoms with van der Waals surface area (Å²) in [6.07, 6.45) is -4.02. The van der Waals surface area contributed by atoms with E-state index in [-0.39, 0.29) is 24.3 Å². The molecule has 0 fully saturated rings. The smallest absolute Gasteiger partial charge is 0.323 e. The van der Waals surface area contributed by atoms with Crippen LogP contribution in [-0.2, 0) is 23.9 Å². The lowest BCUT2D eigenvalue weighted by molar-refractivity contribution is -0.144. The minimum absolute atomic E-state index is 0.000319. The van der Waals surface area contributed by atoms with Crippen molar-refractivity contribution >= 4 is 23.2 Å². The molecule has 0 bridgehead atoms. The molecule has 0 unspecified atom stereocenters. The van der Waals surface area contributed by atoms with Crippen molar-refractivity contribution in [2.45, 2.75) is 19.1 Å². The number of benzene rings is 3. The maximum absolute atomic E-state index is 14.3. The minimum Gasteiger partial charge on any atom is -0.323 e. The van der Waals surface area contributed by atoms with Crippen molar-refractivity contribution in [1.82, 2.24) is 9.78 Å². The van der Waals surface area contributed by atoms with E-state index in [0.29, 0.717) is 15.8 Å². The lowest BCUT2D eigenvalue weighted by atomic mass is 10.1. The van der Waals surface area contributed by atoms with Crippen molar-refractivity contribution in [3.05, 3.63) is 113 Å². The summed E-state index contributed by atoms with van der Waals surface area (Å²) in [5, 5.41) is 8.52. The Morgan fingerprint density at radius 1 is 0.861 bits per heavy atom. The van der Waals surface area contributed by atoms with Gasteiger partial charge in [-0.25, -0.2) is 4.39 Å². The first-order valence-electron chi connectivity index (χ1n) is 10.8. The first kappa shape index (κ1) is 24.6.